The number of ether oxygens (including phenoxy) is 1. The third-order valence-electron chi connectivity index (χ3n) is 3.57. The Hall–Kier alpha value is -3.58. The molecule has 0 atom stereocenters. The summed E-state index contributed by atoms with van der Waals surface area (Å²) < 4.78 is 5.67. The van der Waals surface area contributed by atoms with Crippen LogP contribution in [0.15, 0.2) is 83.7 Å². The fourth-order valence-electron chi connectivity index (χ4n) is 2.35. The Morgan fingerprint density at radius 3 is 2.81 bits per heavy atom. The summed E-state index contributed by atoms with van der Waals surface area (Å²) in [7, 11) is 0. The van der Waals surface area contributed by atoms with Crippen molar-refractivity contribution in [3.05, 3.63) is 84.1 Å². The number of nitrogens with one attached hydrogen (secondary N) is 1. The first-order valence-electron chi connectivity index (χ1n) is 8.21. The van der Waals surface area contributed by atoms with Gasteiger partial charge in [-0.15, -0.1) is 11.3 Å². The molecule has 2 heterocycles. The summed E-state index contributed by atoms with van der Waals surface area (Å²) in [6.45, 7) is 0. The van der Waals surface area contributed by atoms with Crippen molar-refractivity contribution in [1.29, 1.82) is 0 Å². The normalized spacial score (nSPS) is 10.8. The molecule has 4 aromatic rings. The van der Waals surface area contributed by atoms with Gasteiger partial charge >= 0.3 is 0 Å². The topological polar surface area (TPSA) is 72.3 Å². The molecule has 0 spiro atoms. The minimum atomic E-state index is 0.445. The lowest BCUT2D eigenvalue weighted by atomic mass is 10.2. The maximum Gasteiger partial charge on any atom is 0.237 e. The molecule has 0 saturated heterocycles. The van der Waals surface area contributed by atoms with E-state index >= 15 is 0 Å². The summed E-state index contributed by atoms with van der Waals surface area (Å²) in [6.07, 6.45) is 6.47. The molecule has 0 fully saturated rings. The summed E-state index contributed by atoms with van der Waals surface area (Å²) in [5.41, 5.74) is 5.87. The van der Waals surface area contributed by atoms with E-state index in [1.54, 1.807) is 24.8 Å². The van der Waals surface area contributed by atoms with Crippen molar-refractivity contribution in [3.8, 4) is 22.9 Å². The lowest BCUT2D eigenvalue weighted by Gasteiger charge is -2.04. The van der Waals surface area contributed by atoms with Crippen molar-refractivity contribution in [2.75, 3.05) is 5.43 Å². The third-order valence-corrected chi connectivity index (χ3v) is 4.31. The number of nitrogens with zero attached hydrogens (tertiary/aromatic N) is 4. The number of aromatic nitrogens is 3. The van der Waals surface area contributed by atoms with Gasteiger partial charge in [0.15, 0.2) is 0 Å². The molecule has 0 saturated carbocycles. The monoisotopic (exact) mass is 373 g/mol. The van der Waals surface area contributed by atoms with Gasteiger partial charge in [-0.25, -0.2) is 9.97 Å². The zero-order valence-electron chi connectivity index (χ0n) is 14.2. The van der Waals surface area contributed by atoms with E-state index in [1.807, 2.05) is 60.0 Å². The standard InChI is InChI=1S/C20H15N5OS/c1-2-6-16(7-3-1)18-14-27-20(24-18)25-23-12-15-5-4-8-17(11-15)26-19-13-21-9-10-22-19/h1-14H,(H,24,25). The molecule has 0 aliphatic heterocycles. The molecule has 0 radical (unpaired) electrons. The first-order chi connectivity index (χ1) is 13.4. The zero-order valence-corrected chi connectivity index (χ0v) is 15.0. The Morgan fingerprint density at radius 2 is 1.96 bits per heavy atom. The molecule has 0 aliphatic rings. The molecule has 1 N–H and O–H groups in total. The second-order valence-electron chi connectivity index (χ2n) is 5.49. The van der Waals surface area contributed by atoms with Gasteiger partial charge in [0.25, 0.3) is 0 Å². The van der Waals surface area contributed by atoms with E-state index < -0.39 is 0 Å². The van der Waals surface area contributed by atoms with Crippen LogP contribution in [0.5, 0.6) is 11.6 Å². The number of hydrazone groups is 1. The predicted molar refractivity (Wildman–Crippen MR) is 107 cm³/mol. The van der Waals surface area contributed by atoms with Crippen molar-refractivity contribution < 1.29 is 4.74 Å². The molecule has 0 unspecified atom stereocenters. The summed E-state index contributed by atoms with van der Waals surface area (Å²) in [5, 5.41) is 6.99. The van der Waals surface area contributed by atoms with Crippen LogP contribution in [0.25, 0.3) is 11.3 Å². The van der Waals surface area contributed by atoms with Crippen LogP contribution in [0.1, 0.15) is 5.56 Å². The second kappa shape index (κ2) is 8.20. The zero-order chi connectivity index (χ0) is 18.3. The van der Waals surface area contributed by atoms with Crippen LogP contribution < -0.4 is 10.2 Å². The molecule has 4 rings (SSSR count). The molecule has 2 aromatic heterocycles. The SMILES string of the molecule is C(=NNc1nc(-c2ccccc2)cs1)c1cccc(Oc2cnccn2)c1. The van der Waals surface area contributed by atoms with Crippen LogP contribution in [0.3, 0.4) is 0 Å². The summed E-state index contributed by atoms with van der Waals surface area (Å²) in [4.78, 5) is 12.6. The Bertz CT molecular complexity index is 1030. The van der Waals surface area contributed by atoms with Crippen LogP contribution in [0.2, 0.25) is 0 Å². The molecule has 0 bridgehead atoms. The van der Waals surface area contributed by atoms with Gasteiger partial charge < -0.3 is 4.74 Å². The maximum atomic E-state index is 5.67. The molecule has 132 valence electrons. The molecular weight excluding hydrogens is 358 g/mol. The number of rotatable bonds is 6. The number of hydrogen-bond acceptors (Lipinski definition) is 7. The molecule has 0 aliphatic carbocycles. The Labute approximate surface area is 160 Å². The van der Waals surface area contributed by atoms with Crippen LogP contribution in [0.4, 0.5) is 5.13 Å². The highest BCUT2D eigenvalue weighted by Gasteiger charge is 2.03. The van der Waals surface area contributed by atoms with Gasteiger partial charge in [0, 0.05) is 23.3 Å². The van der Waals surface area contributed by atoms with E-state index in [9.17, 15) is 0 Å². The Kier molecular flexibility index (Phi) is 5.12. The van der Waals surface area contributed by atoms with Crippen molar-refractivity contribution in [1.82, 2.24) is 15.0 Å². The van der Waals surface area contributed by atoms with Gasteiger partial charge in [-0.3, -0.25) is 10.4 Å². The van der Waals surface area contributed by atoms with Crippen LogP contribution in [-0.4, -0.2) is 21.2 Å². The van der Waals surface area contributed by atoms with Crippen LogP contribution >= 0.6 is 11.3 Å². The summed E-state index contributed by atoms with van der Waals surface area (Å²) in [5.74, 6) is 1.11. The largest absolute Gasteiger partial charge is 0.437 e. The van der Waals surface area contributed by atoms with Gasteiger partial charge in [0.1, 0.15) is 5.75 Å². The van der Waals surface area contributed by atoms with E-state index in [0.717, 1.165) is 22.0 Å². The van der Waals surface area contributed by atoms with Gasteiger partial charge in [0.05, 0.1) is 18.1 Å². The Balaban J connectivity index is 1.40. The number of hydrogen-bond donors (Lipinski definition) is 1. The highest BCUT2D eigenvalue weighted by molar-refractivity contribution is 7.14. The molecular formula is C20H15N5OS. The molecule has 6 nitrogen and oxygen atoms in total. The second-order valence-corrected chi connectivity index (χ2v) is 6.35. The van der Waals surface area contributed by atoms with Crippen molar-refractivity contribution in [2.24, 2.45) is 5.10 Å². The van der Waals surface area contributed by atoms with E-state index in [4.69, 9.17) is 4.74 Å². The summed E-state index contributed by atoms with van der Waals surface area (Å²) in [6, 6.07) is 17.6. The predicted octanol–water partition coefficient (Wildman–Crippen LogP) is 4.84. The van der Waals surface area contributed by atoms with Gasteiger partial charge in [-0.1, -0.05) is 42.5 Å². The molecule has 0 amide bonds. The Morgan fingerprint density at radius 1 is 1.04 bits per heavy atom. The highest BCUT2D eigenvalue weighted by atomic mass is 32.1. The first kappa shape index (κ1) is 16.9. The average molecular weight is 373 g/mol. The fraction of sp³-hybridized carbons (Fsp3) is 0. The number of benzene rings is 2. The van der Waals surface area contributed by atoms with Crippen molar-refractivity contribution in [2.45, 2.75) is 0 Å². The van der Waals surface area contributed by atoms with Crippen molar-refractivity contribution in [3.63, 3.8) is 0 Å². The smallest absolute Gasteiger partial charge is 0.237 e. The highest BCUT2D eigenvalue weighted by Crippen LogP contribution is 2.24. The fourth-order valence-corrected chi connectivity index (χ4v) is 3.01. The van der Waals surface area contributed by atoms with E-state index in [-0.39, 0.29) is 0 Å². The van der Waals surface area contributed by atoms with Gasteiger partial charge in [0.2, 0.25) is 11.0 Å². The number of thiazole rings is 1. The third kappa shape index (κ3) is 4.53. The van der Waals surface area contributed by atoms with E-state index in [0.29, 0.717) is 11.6 Å². The quantitative estimate of drug-likeness (QED) is 0.387. The molecule has 7 heteroatoms. The first-order valence-corrected chi connectivity index (χ1v) is 9.09. The van der Waals surface area contributed by atoms with Crippen LogP contribution in [-0.2, 0) is 0 Å². The van der Waals surface area contributed by atoms with Crippen LogP contribution in [0, 0.1) is 0 Å². The summed E-state index contributed by atoms with van der Waals surface area (Å²) >= 11 is 1.51. The van der Waals surface area contributed by atoms with E-state index in [2.05, 4.69) is 25.5 Å². The van der Waals surface area contributed by atoms with Gasteiger partial charge in [-0.05, 0) is 17.7 Å². The van der Waals surface area contributed by atoms with Crippen molar-refractivity contribution >= 4 is 22.7 Å². The van der Waals surface area contributed by atoms with E-state index in [1.165, 1.54) is 11.3 Å². The lowest BCUT2D eigenvalue weighted by Crippen LogP contribution is -1.92. The molecule has 2 aromatic carbocycles. The minimum absolute atomic E-state index is 0.445. The minimum Gasteiger partial charge on any atom is -0.437 e. The maximum absolute atomic E-state index is 5.67. The molecule has 27 heavy (non-hydrogen) atoms. The van der Waals surface area contributed by atoms with Gasteiger partial charge in [-0.2, -0.15) is 5.10 Å². The lowest BCUT2D eigenvalue weighted by molar-refractivity contribution is 0.460. The average Bonchev–Trinajstić information content (AvgIpc) is 3.19. The number of anilines is 1.